The summed E-state index contributed by atoms with van der Waals surface area (Å²) < 4.78 is 1.62. The number of aryl methyl sites for hydroxylation is 2. The first-order chi connectivity index (χ1) is 11.6. The van der Waals surface area contributed by atoms with Crippen molar-refractivity contribution in [1.82, 2.24) is 15.1 Å². The molecule has 1 N–H and O–H groups in total. The first-order valence-electron chi connectivity index (χ1n) is 8.13. The van der Waals surface area contributed by atoms with Crippen LogP contribution in [0.1, 0.15) is 34.6 Å². The predicted molar refractivity (Wildman–Crippen MR) is 91.8 cm³/mol. The van der Waals surface area contributed by atoms with E-state index in [0.29, 0.717) is 11.3 Å². The molecule has 2 heterocycles. The molecule has 1 unspecified atom stereocenters. The summed E-state index contributed by atoms with van der Waals surface area (Å²) >= 11 is 0. The van der Waals surface area contributed by atoms with Crippen molar-refractivity contribution in [3.8, 4) is 6.07 Å². The number of rotatable bonds is 3. The quantitative estimate of drug-likeness (QED) is 0.937. The lowest BCUT2D eigenvalue weighted by atomic mass is 10.0. The van der Waals surface area contributed by atoms with Gasteiger partial charge >= 0.3 is 0 Å². The van der Waals surface area contributed by atoms with Crippen LogP contribution >= 0.6 is 0 Å². The highest BCUT2D eigenvalue weighted by molar-refractivity contribution is 5.92. The average Bonchev–Trinajstić information content (AvgIpc) is 2.94. The monoisotopic (exact) mass is 323 g/mol. The Balaban J connectivity index is 1.66. The fourth-order valence-electron chi connectivity index (χ4n) is 3.16. The topological polar surface area (TPSA) is 74.0 Å². The van der Waals surface area contributed by atoms with E-state index in [1.165, 1.54) is 0 Å². The Hall–Kier alpha value is -2.81. The van der Waals surface area contributed by atoms with Crippen LogP contribution in [0.3, 0.4) is 0 Å². The lowest BCUT2D eigenvalue weighted by Crippen LogP contribution is -2.48. The summed E-state index contributed by atoms with van der Waals surface area (Å²) in [6.07, 6.45) is 1.99. The van der Waals surface area contributed by atoms with Crippen molar-refractivity contribution in [2.45, 2.75) is 25.8 Å². The SMILES string of the molecule is Cc1cc(C(=O)NC2CCCN(c3ccc(C#N)cc3)C2)n(C)n1. The van der Waals surface area contributed by atoms with Crippen LogP contribution in [-0.4, -0.2) is 34.8 Å². The van der Waals surface area contributed by atoms with Crippen molar-refractivity contribution in [3.63, 3.8) is 0 Å². The maximum atomic E-state index is 12.4. The number of hydrogen-bond acceptors (Lipinski definition) is 4. The van der Waals surface area contributed by atoms with Crippen molar-refractivity contribution in [3.05, 3.63) is 47.3 Å². The average molecular weight is 323 g/mol. The smallest absolute Gasteiger partial charge is 0.269 e. The van der Waals surface area contributed by atoms with Crippen LogP contribution in [0.15, 0.2) is 30.3 Å². The molecule has 1 amide bonds. The van der Waals surface area contributed by atoms with E-state index in [-0.39, 0.29) is 11.9 Å². The minimum atomic E-state index is -0.0789. The van der Waals surface area contributed by atoms with E-state index in [0.717, 1.165) is 37.3 Å². The molecule has 1 fully saturated rings. The Bertz CT molecular complexity index is 772. The largest absolute Gasteiger partial charge is 0.369 e. The molecule has 24 heavy (non-hydrogen) atoms. The van der Waals surface area contributed by atoms with Gasteiger partial charge < -0.3 is 10.2 Å². The van der Waals surface area contributed by atoms with Crippen LogP contribution in [0.25, 0.3) is 0 Å². The number of piperidine rings is 1. The number of aromatic nitrogens is 2. The van der Waals surface area contributed by atoms with E-state index in [1.54, 1.807) is 17.8 Å². The highest BCUT2D eigenvalue weighted by Gasteiger charge is 2.23. The predicted octanol–water partition coefficient (Wildman–Crippen LogP) is 2.00. The summed E-state index contributed by atoms with van der Waals surface area (Å²) in [5, 5.41) is 16.2. The van der Waals surface area contributed by atoms with Crippen LogP contribution in [-0.2, 0) is 7.05 Å². The number of nitrogens with one attached hydrogen (secondary N) is 1. The molecule has 1 saturated heterocycles. The van der Waals surface area contributed by atoms with Gasteiger partial charge in [-0.05, 0) is 50.1 Å². The van der Waals surface area contributed by atoms with Gasteiger partial charge in [-0.1, -0.05) is 0 Å². The highest BCUT2D eigenvalue weighted by atomic mass is 16.2. The Morgan fingerprint density at radius 3 is 2.75 bits per heavy atom. The molecule has 6 nitrogen and oxygen atoms in total. The van der Waals surface area contributed by atoms with Crippen LogP contribution < -0.4 is 10.2 Å². The van der Waals surface area contributed by atoms with Gasteiger partial charge in [0.15, 0.2) is 0 Å². The Morgan fingerprint density at radius 2 is 2.12 bits per heavy atom. The lowest BCUT2D eigenvalue weighted by molar-refractivity contribution is 0.0923. The second kappa shape index (κ2) is 6.75. The van der Waals surface area contributed by atoms with Gasteiger partial charge in [0.25, 0.3) is 5.91 Å². The molecular weight excluding hydrogens is 302 g/mol. The van der Waals surface area contributed by atoms with Gasteiger partial charge in [0, 0.05) is 31.9 Å². The summed E-state index contributed by atoms with van der Waals surface area (Å²) in [7, 11) is 1.78. The van der Waals surface area contributed by atoms with Gasteiger partial charge in [-0.2, -0.15) is 10.4 Å². The maximum absolute atomic E-state index is 12.4. The molecule has 0 radical (unpaired) electrons. The molecule has 1 aliphatic rings. The summed E-state index contributed by atoms with van der Waals surface area (Å²) in [6.45, 7) is 3.61. The van der Waals surface area contributed by atoms with Crippen LogP contribution in [0.4, 0.5) is 5.69 Å². The molecule has 0 saturated carbocycles. The Kier molecular flexibility index (Phi) is 4.52. The zero-order valence-electron chi connectivity index (χ0n) is 14.0. The number of anilines is 1. The fourth-order valence-corrected chi connectivity index (χ4v) is 3.16. The number of carbonyl (C=O) groups is 1. The number of benzene rings is 1. The van der Waals surface area contributed by atoms with Gasteiger partial charge in [0.1, 0.15) is 5.69 Å². The molecule has 1 aromatic heterocycles. The Labute approximate surface area is 141 Å². The zero-order chi connectivity index (χ0) is 17.1. The minimum Gasteiger partial charge on any atom is -0.369 e. The van der Waals surface area contributed by atoms with Crippen LogP contribution in [0.2, 0.25) is 0 Å². The first kappa shape index (κ1) is 16.1. The number of nitriles is 1. The first-order valence-corrected chi connectivity index (χ1v) is 8.13. The number of hydrogen-bond donors (Lipinski definition) is 1. The number of carbonyl (C=O) groups excluding carboxylic acids is 1. The molecule has 1 aromatic carbocycles. The van der Waals surface area contributed by atoms with Crippen molar-refractivity contribution >= 4 is 11.6 Å². The summed E-state index contributed by atoms with van der Waals surface area (Å²) in [5.41, 5.74) is 3.17. The number of amides is 1. The second-order valence-corrected chi connectivity index (χ2v) is 6.21. The zero-order valence-corrected chi connectivity index (χ0v) is 14.0. The van der Waals surface area contributed by atoms with Gasteiger partial charge in [-0.25, -0.2) is 0 Å². The molecule has 3 rings (SSSR count). The van der Waals surface area contributed by atoms with Crippen LogP contribution in [0.5, 0.6) is 0 Å². The van der Waals surface area contributed by atoms with Crippen molar-refractivity contribution < 1.29 is 4.79 Å². The molecule has 124 valence electrons. The van der Waals surface area contributed by atoms with Crippen LogP contribution in [0, 0.1) is 18.3 Å². The third-order valence-electron chi connectivity index (χ3n) is 4.35. The summed E-state index contributed by atoms with van der Waals surface area (Å²) in [5.74, 6) is -0.0789. The number of nitrogens with zero attached hydrogens (tertiary/aromatic N) is 4. The van der Waals surface area contributed by atoms with Crippen molar-refractivity contribution in [1.29, 1.82) is 5.26 Å². The lowest BCUT2D eigenvalue weighted by Gasteiger charge is -2.34. The molecule has 0 aliphatic carbocycles. The fraction of sp³-hybridized carbons (Fsp3) is 0.389. The third-order valence-corrected chi connectivity index (χ3v) is 4.35. The minimum absolute atomic E-state index is 0.0789. The van der Waals surface area contributed by atoms with E-state index in [2.05, 4.69) is 21.4 Å². The van der Waals surface area contributed by atoms with E-state index in [9.17, 15) is 4.79 Å². The van der Waals surface area contributed by atoms with Crippen molar-refractivity contribution in [2.24, 2.45) is 7.05 Å². The van der Waals surface area contributed by atoms with Gasteiger partial charge in [0.05, 0.1) is 17.3 Å². The van der Waals surface area contributed by atoms with E-state index < -0.39 is 0 Å². The maximum Gasteiger partial charge on any atom is 0.269 e. The molecular formula is C18H21N5O. The normalized spacial score (nSPS) is 17.4. The highest BCUT2D eigenvalue weighted by Crippen LogP contribution is 2.20. The molecule has 1 atom stereocenters. The Morgan fingerprint density at radius 1 is 1.38 bits per heavy atom. The summed E-state index contributed by atoms with van der Waals surface area (Å²) in [4.78, 5) is 14.7. The van der Waals surface area contributed by atoms with E-state index >= 15 is 0 Å². The standard InChI is InChI=1S/C18H21N5O/c1-13-10-17(22(2)21-13)18(24)20-15-4-3-9-23(12-15)16-7-5-14(11-19)6-8-16/h5-8,10,15H,3-4,9,12H2,1-2H3,(H,20,24). The molecule has 6 heteroatoms. The second-order valence-electron chi connectivity index (χ2n) is 6.21. The molecule has 1 aliphatic heterocycles. The van der Waals surface area contributed by atoms with Gasteiger partial charge in [0.2, 0.25) is 0 Å². The molecule has 0 spiro atoms. The molecule has 0 bridgehead atoms. The van der Waals surface area contributed by atoms with E-state index in [1.807, 2.05) is 31.2 Å². The third kappa shape index (κ3) is 3.40. The molecule has 2 aromatic rings. The van der Waals surface area contributed by atoms with Crippen molar-refractivity contribution in [2.75, 3.05) is 18.0 Å². The van der Waals surface area contributed by atoms with E-state index in [4.69, 9.17) is 5.26 Å². The van der Waals surface area contributed by atoms with Gasteiger partial charge in [-0.3, -0.25) is 9.48 Å². The van der Waals surface area contributed by atoms with Gasteiger partial charge in [-0.15, -0.1) is 0 Å². The summed E-state index contributed by atoms with van der Waals surface area (Å²) in [6, 6.07) is 11.6.